The van der Waals surface area contributed by atoms with Gasteiger partial charge in [-0.3, -0.25) is 15.0 Å². The van der Waals surface area contributed by atoms with Crippen LogP contribution in [0.2, 0.25) is 0 Å². The Labute approximate surface area is 177 Å². The Morgan fingerprint density at radius 2 is 1.68 bits per heavy atom. The quantitative estimate of drug-likeness (QED) is 0.488. The topological polar surface area (TPSA) is 83.8 Å². The van der Waals surface area contributed by atoms with Crippen molar-refractivity contribution in [3.8, 4) is 0 Å². The minimum absolute atomic E-state index is 0.102. The van der Waals surface area contributed by atoms with E-state index in [0.717, 1.165) is 17.7 Å². The first-order valence-corrected chi connectivity index (χ1v) is 10.9. The predicted molar refractivity (Wildman–Crippen MR) is 110 cm³/mol. The van der Waals surface area contributed by atoms with Gasteiger partial charge in [0.15, 0.2) is 0 Å². The van der Waals surface area contributed by atoms with Gasteiger partial charge >= 0.3 is 5.51 Å². The van der Waals surface area contributed by atoms with E-state index in [0.29, 0.717) is 38.8 Å². The summed E-state index contributed by atoms with van der Waals surface area (Å²) in [5.74, 6) is 0. The fraction of sp³-hybridized carbons (Fsp3) is 0.300. The first-order chi connectivity index (χ1) is 14.6. The molecule has 1 saturated heterocycles. The first kappa shape index (κ1) is 22.8. The number of halogens is 3. The van der Waals surface area contributed by atoms with E-state index in [2.05, 4.69) is 4.90 Å². The minimum Gasteiger partial charge on any atom is -0.363 e. The number of nitro benzene ring substituents is 1. The molecule has 0 bridgehead atoms. The molecule has 3 rings (SSSR count). The lowest BCUT2D eigenvalue weighted by Gasteiger charge is -2.35. The smallest absolute Gasteiger partial charge is 0.363 e. The van der Waals surface area contributed by atoms with Gasteiger partial charge in [0.2, 0.25) is 0 Å². The Balaban J connectivity index is 1.70. The molecule has 0 atom stereocenters. The van der Waals surface area contributed by atoms with Gasteiger partial charge in [0, 0.05) is 38.8 Å². The third kappa shape index (κ3) is 5.23. The van der Waals surface area contributed by atoms with Crippen LogP contribution in [-0.4, -0.2) is 56.5 Å². The van der Waals surface area contributed by atoms with E-state index in [9.17, 15) is 31.7 Å². The molecule has 0 aromatic heterocycles. The summed E-state index contributed by atoms with van der Waals surface area (Å²) < 4.78 is 61.5. The zero-order valence-corrected chi connectivity index (χ0v) is 17.1. The Kier molecular flexibility index (Phi) is 6.65. The van der Waals surface area contributed by atoms with Gasteiger partial charge in [0.1, 0.15) is 5.69 Å². The number of nitrogens with zero attached hydrogens (tertiary/aromatic N) is 3. The van der Waals surface area contributed by atoms with E-state index in [-0.39, 0.29) is 5.69 Å². The van der Waals surface area contributed by atoms with Crippen molar-refractivity contribution in [2.45, 2.75) is 10.4 Å². The van der Waals surface area contributed by atoms with E-state index in [4.69, 9.17) is 0 Å². The summed E-state index contributed by atoms with van der Waals surface area (Å²) in [4.78, 5) is 13.2. The Bertz CT molecular complexity index is 1060. The van der Waals surface area contributed by atoms with Crippen LogP contribution in [0.15, 0.2) is 59.5 Å². The molecule has 2 aromatic carbocycles. The summed E-state index contributed by atoms with van der Waals surface area (Å²) in [6, 6.07) is 12.1. The molecule has 1 aliphatic heterocycles. The fourth-order valence-electron chi connectivity index (χ4n) is 3.29. The standard InChI is InChI=1S/C20H20F3N3O4S/c21-20(22,23)31(29,30)17-8-9-18(19(15-17)26(27)28)25-13-11-24(12-14-25)10-4-7-16-5-2-1-3-6-16/h1-9,15H,10-14H2/b7-4+. The fourth-order valence-corrected chi connectivity index (χ4v) is 4.07. The molecule has 0 unspecified atom stereocenters. The van der Waals surface area contributed by atoms with Gasteiger partial charge in [-0.15, -0.1) is 0 Å². The van der Waals surface area contributed by atoms with Gasteiger partial charge in [0.05, 0.1) is 9.82 Å². The number of rotatable bonds is 6. The normalized spacial score (nSPS) is 16.0. The van der Waals surface area contributed by atoms with Crippen molar-refractivity contribution in [2.24, 2.45) is 0 Å². The van der Waals surface area contributed by atoms with Crippen molar-refractivity contribution in [1.29, 1.82) is 0 Å². The van der Waals surface area contributed by atoms with Gasteiger partial charge in [-0.2, -0.15) is 13.2 Å². The second-order valence-corrected chi connectivity index (χ2v) is 8.90. The molecular weight excluding hydrogens is 435 g/mol. The van der Waals surface area contributed by atoms with Crippen LogP contribution in [0.5, 0.6) is 0 Å². The molecular formula is C20H20F3N3O4S. The van der Waals surface area contributed by atoms with Crippen LogP contribution in [0.3, 0.4) is 0 Å². The number of piperazine rings is 1. The van der Waals surface area contributed by atoms with Crippen LogP contribution < -0.4 is 4.90 Å². The zero-order chi connectivity index (χ0) is 22.6. The molecule has 1 heterocycles. The SMILES string of the molecule is O=[N+]([O-])c1cc(S(=O)(=O)C(F)(F)F)ccc1N1CCN(C/C=C/c2ccccc2)CC1. The highest BCUT2D eigenvalue weighted by atomic mass is 32.2. The maximum atomic E-state index is 12.8. The van der Waals surface area contributed by atoms with Crippen molar-refractivity contribution in [3.05, 3.63) is 70.3 Å². The molecule has 0 spiro atoms. The van der Waals surface area contributed by atoms with Gasteiger partial charge in [-0.05, 0) is 17.7 Å². The average Bonchev–Trinajstić information content (AvgIpc) is 2.74. The summed E-state index contributed by atoms with van der Waals surface area (Å²) in [5, 5.41) is 11.4. The minimum atomic E-state index is -5.66. The summed E-state index contributed by atoms with van der Waals surface area (Å²) in [7, 11) is -5.66. The van der Waals surface area contributed by atoms with Gasteiger partial charge in [0.25, 0.3) is 15.5 Å². The number of alkyl halides is 3. The number of anilines is 1. The lowest BCUT2D eigenvalue weighted by atomic mass is 10.2. The van der Waals surface area contributed by atoms with E-state index in [1.165, 1.54) is 0 Å². The number of hydrogen-bond acceptors (Lipinski definition) is 6. The highest BCUT2D eigenvalue weighted by Gasteiger charge is 2.47. The van der Waals surface area contributed by atoms with Crippen molar-refractivity contribution in [2.75, 3.05) is 37.6 Å². The first-order valence-electron chi connectivity index (χ1n) is 9.38. The summed E-state index contributed by atoms with van der Waals surface area (Å²) in [6.07, 6.45) is 4.02. The van der Waals surface area contributed by atoms with E-state index in [1.54, 1.807) is 4.90 Å². The Hall–Kier alpha value is -2.92. The second-order valence-electron chi connectivity index (χ2n) is 6.96. The van der Waals surface area contributed by atoms with Gasteiger partial charge < -0.3 is 4.90 Å². The maximum Gasteiger partial charge on any atom is 0.501 e. The van der Waals surface area contributed by atoms with Crippen molar-refractivity contribution in [3.63, 3.8) is 0 Å². The molecule has 0 amide bonds. The second kappa shape index (κ2) is 9.06. The van der Waals surface area contributed by atoms with Crippen LogP contribution in [0.1, 0.15) is 5.56 Å². The molecule has 31 heavy (non-hydrogen) atoms. The molecule has 0 saturated carbocycles. The monoisotopic (exact) mass is 455 g/mol. The number of benzene rings is 2. The molecule has 2 aromatic rings. The van der Waals surface area contributed by atoms with Crippen molar-refractivity contribution in [1.82, 2.24) is 4.90 Å². The predicted octanol–water partition coefficient (Wildman–Crippen LogP) is 3.72. The molecule has 1 fully saturated rings. The molecule has 7 nitrogen and oxygen atoms in total. The number of nitro groups is 1. The van der Waals surface area contributed by atoms with Crippen LogP contribution in [-0.2, 0) is 9.84 Å². The highest BCUT2D eigenvalue weighted by Crippen LogP contribution is 2.36. The van der Waals surface area contributed by atoms with Crippen molar-refractivity contribution < 1.29 is 26.5 Å². The molecule has 11 heteroatoms. The van der Waals surface area contributed by atoms with Crippen LogP contribution >= 0.6 is 0 Å². The average molecular weight is 455 g/mol. The highest BCUT2D eigenvalue weighted by molar-refractivity contribution is 7.92. The molecule has 0 radical (unpaired) electrons. The van der Waals surface area contributed by atoms with E-state index < -0.39 is 30.9 Å². The summed E-state index contributed by atoms with van der Waals surface area (Å²) in [5.41, 5.74) is -5.01. The third-order valence-corrected chi connectivity index (χ3v) is 6.43. The largest absolute Gasteiger partial charge is 0.501 e. The molecule has 166 valence electrons. The van der Waals surface area contributed by atoms with Gasteiger partial charge in [-0.25, -0.2) is 8.42 Å². The number of sulfone groups is 1. The lowest BCUT2D eigenvalue weighted by Crippen LogP contribution is -2.46. The van der Waals surface area contributed by atoms with Crippen molar-refractivity contribution >= 4 is 27.3 Å². The number of hydrogen-bond donors (Lipinski definition) is 0. The van der Waals surface area contributed by atoms with E-state index in [1.807, 2.05) is 42.5 Å². The summed E-state index contributed by atoms with van der Waals surface area (Å²) >= 11 is 0. The molecule has 0 aliphatic carbocycles. The van der Waals surface area contributed by atoms with E-state index >= 15 is 0 Å². The van der Waals surface area contributed by atoms with Crippen LogP contribution in [0, 0.1) is 10.1 Å². The lowest BCUT2D eigenvalue weighted by molar-refractivity contribution is -0.384. The van der Waals surface area contributed by atoms with Gasteiger partial charge in [-0.1, -0.05) is 42.5 Å². The zero-order valence-electron chi connectivity index (χ0n) is 16.3. The van der Waals surface area contributed by atoms with Crippen LogP contribution in [0.25, 0.3) is 6.08 Å². The molecule has 0 N–H and O–H groups in total. The Morgan fingerprint density at radius 3 is 2.26 bits per heavy atom. The molecule has 1 aliphatic rings. The third-order valence-electron chi connectivity index (χ3n) is 4.95. The maximum absolute atomic E-state index is 12.8. The Morgan fingerprint density at radius 1 is 1.03 bits per heavy atom. The summed E-state index contributed by atoms with van der Waals surface area (Å²) in [6.45, 7) is 2.72. The van der Waals surface area contributed by atoms with Crippen LogP contribution in [0.4, 0.5) is 24.5 Å².